The highest BCUT2D eigenvalue weighted by Gasteiger charge is 2.27. The third-order valence-electron chi connectivity index (χ3n) is 4.08. The fraction of sp³-hybridized carbons (Fsp3) is 1.00. The SMILES string of the molecule is CCC(CC)(CN)CN(C)C(C)CC(C)C. The molecule has 2 N–H and O–H groups in total. The molecule has 0 aromatic rings. The molecule has 0 spiro atoms. The molecule has 0 heterocycles. The Labute approximate surface area is 103 Å². The molecule has 0 amide bonds. The van der Waals surface area contributed by atoms with E-state index in [1.165, 1.54) is 19.3 Å². The van der Waals surface area contributed by atoms with Gasteiger partial charge in [-0.1, -0.05) is 27.7 Å². The molecule has 0 aromatic carbocycles. The van der Waals surface area contributed by atoms with Gasteiger partial charge in [-0.2, -0.15) is 0 Å². The highest BCUT2D eigenvalue weighted by atomic mass is 15.1. The van der Waals surface area contributed by atoms with Crippen molar-refractivity contribution in [2.75, 3.05) is 20.1 Å². The van der Waals surface area contributed by atoms with E-state index in [9.17, 15) is 0 Å². The largest absolute Gasteiger partial charge is 0.330 e. The molecule has 0 aliphatic carbocycles. The monoisotopic (exact) mass is 228 g/mol. The Kier molecular flexibility index (Phi) is 7.25. The van der Waals surface area contributed by atoms with Crippen molar-refractivity contribution < 1.29 is 0 Å². The van der Waals surface area contributed by atoms with Crippen LogP contribution in [0, 0.1) is 11.3 Å². The molecule has 0 bridgehead atoms. The molecule has 0 saturated carbocycles. The molecule has 1 unspecified atom stereocenters. The summed E-state index contributed by atoms with van der Waals surface area (Å²) in [7, 11) is 2.24. The molecule has 2 nitrogen and oxygen atoms in total. The summed E-state index contributed by atoms with van der Waals surface area (Å²) in [6.07, 6.45) is 3.63. The lowest BCUT2D eigenvalue weighted by Gasteiger charge is -2.37. The van der Waals surface area contributed by atoms with Crippen molar-refractivity contribution in [2.24, 2.45) is 17.1 Å². The zero-order valence-electron chi connectivity index (χ0n) is 12.2. The third kappa shape index (κ3) is 4.84. The molecule has 98 valence electrons. The highest BCUT2D eigenvalue weighted by Crippen LogP contribution is 2.27. The van der Waals surface area contributed by atoms with Crippen LogP contribution in [0.3, 0.4) is 0 Å². The van der Waals surface area contributed by atoms with Gasteiger partial charge in [0.05, 0.1) is 0 Å². The Balaban J connectivity index is 4.33. The van der Waals surface area contributed by atoms with Crippen molar-refractivity contribution in [1.29, 1.82) is 0 Å². The van der Waals surface area contributed by atoms with Gasteiger partial charge in [-0.25, -0.2) is 0 Å². The first-order valence-corrected chi connectivity index (χ1v) is 6.81. The normalized spacial score (nSPS) is 14.8. The molecule has 0 radical (unpaired) electrons. The topological polar surface area (TPSA) is 29.3 Å². The van der Waals surface area contributed by atoms with Crippen LogP contribution < -0.4 is 5.73 Å². The van der Waals surface area contributed by atoms with Crippen LogP contribution in [0.5, 0.6) is 0 Å². The molecule has 0 aliphatic rings. The van der Waals surface area contributed by atoms with E-state index in [1.54, 1.807) is 0 Å². The van der Waals surface area contributed by atoms with Crippen molar-refractivity contribution in [1.82, 2.24) is 4.90 Å². The Hall–Kier alpha value is -0.0800. The highest BCUT2D eigenvalue weighted by molar-refractivity contribution is 4.82. The fourth-order valence-electron chi connectivity index (χ4n) is 2.37. The third-order valence-corrected chi connectivity index (χ3v) is 4.08. The van der Waals surface area contributed by atoms with Gasteiger partial charge in [-0.3, -0.25) is 0 Å². The van der Waals surface area contributed by atoms with Crippen molar-refractivity contribution in [3.63, 3.8) is 0 Å². The molecule has 0 rings (SSSR count). The van der Waals surface area contributed by atoms with E-state index in [0.717, 1.165) is 19.0 Å². The molecular weight excluding hydrogens is 196 g/mol. The van der Waals surface area contributed by atoms with Gasteiger partial charge in [0.25, 0.3) is 0 Å². The summed E-state index contributed by atoms with van der Waals surface area (Å²) in [5.41, 5.74) is 6.27. The van der Waals surface area contributed by atoms with E-state index in [0.29, 0.717) is 11.5 Å². The van der Waals surface area contributed by atoms with Crippen molar-refractivity contribution in [2.45, 2.75) is 59.9 Å². The van der Waals surface area contributed by atoms with Crippen LogP contribution >= 0.6 is 0 Å². The molecule has 2 heteroatoms. The van der Waals surface area contributed by atoms with E-state index >= 15 is 0 Å². The summed E-state index contributed by atoms with van der Waals surface area (Å²) >= 11 is 0. The maximum atomic E-state index is 5.95. The van der Waals surface area contributed by atoms with E-state index < -0.39 is 0 Å². The number of hydrogen-bond acceptors (Lipinski definition) is 2. The van der Waals surface area contributed by atoms with Crippen LogP contribution in [0.2, 0.25) is 0 Å². The smallest absolute Gasteiger partial charge is 0.00665 e. The molecule has 1 atom stereocenters. The van der Waals surface area contributed by atoms with Crippen LogP contribution in [-0.2, 0) is 0 Å². The molecule has 16 heavy (non-hydrogen) atoms. The summed E-state index contributed by atoms with van der Waals surface area (Å²) in [5.74, 6) is 0.771. The predicted octanol–water partition coefficient (Wildman–Crippen LogP) is 3.12. The van der Waals surface area contributed by atoms with Crippen LogP contribution in [-0.4, -0.2) is 31.1 Å². The zero-order chi connectivity index (χ0) is 12.8. The van der Waals surface area contributed by atoms with E-state index in [2.05, 4.69) is 46.6 Å². The number of hydrogen-bond donors (Lipinski definition) is 1. The van der Waals surface area contributed by atoms with E-state index in [4.69, 9.17) is 5.73 Å². The van der Waals surface area contributed by atoms with Gasteiger partial charge in [0, 0.05) is 12.6 Å². The molecular formula is C14H32N2. The minimum Gasteiger partial charge on any atom is -0.330 e. The van der Waals surface area contributed by atoms with Gasteiger partial charge in [0.15, 0.2) is 0 Å². The summed E-state index contributed by atoms with van der Waals surface area (Å²) < 4.78 is 0. The summed E-state index contributed by atoms with van der Waals surface area (Å²) in [5, 5.41) is 0. The van der Waals surface area contributed by atoms with Gasteiger partial charge < -0.3 is 10.6 Å². The molecule has 0 aliphatic heterocycles. The average molecular weight is 228 g/mol. The maximum Gasteiger partial charge on any atom is 0.00665 e. The first-order chi connectivity index (χ1) is 7.40. The van der Waals surface area contributed by atoms with E-state index in [1.807, 2.05) is 0 Å². The number of rotatable bonds is 8. The van der Waals surface area contributed by atoms with Gasteiger partial charge in [0.2, 0.25) is 0 Å². The van der Waals surface area contributed by atoms with Crippen molar-refractivity contribution >= 4 is 0 Å². The lowest BCUT2D eigenvalue weighted by atomic mass is 9.81. The summed E-state index contributed by atoms with van der Waals surface area (Å²) in [6, 6.07) is 0.657. The second-order valence-electron chi connectivity index (χ2n) is 5.80. The minimum absolute atomic E-state index is 0.319. The zero-order valence-corrected chi connectivity index (χ0v) is 12.2. The van der Waals surface area contributed by atoms with Gasteiger partial charge in [-0.15, -0.1) is 0 Å². The Bertz CT molecular complexity index is 165. The first-order valence-electron chi connectivity index (χ1n) is 6.81. The average Bonchev–Trinajstić information content (AvgIpc) is 2.25. The van der Waals surface area contributed by atoms with Crippen LogP contribution in [0.15, 0.2) is 0 Å². The lowest BCUT2D eigenvalue weighted by molar-refractivity contribution is 0.126. The predicted molar refractivity (Wildman–Crippen MR) is 73.6 cm³/mol. The maximum absolute atomic E-state index is 5.95. The Morgan fingerprint density at radius 3 is 1.94 bits per heavy atom. The van der Waals surface area contributed by atoms with E-state index in [-0.39, 0.29) is 0 Å². The van der Waals surface area contributed by atoms with Gasteiger partial charge in [-0.05, 0) is 51.1 Å². The van der Waals surface area contributed by atoms with Crippen LogP contribution in [0.1, 0.15) is 53.9 Å². The summed E-state index contributed by atoms with van der Waals surface area (Å²) in [4.78, 5) is 2.49. The summed E-state index contributed by atoms with van der Waals surface area (Å²) in [6.45, 7) is 13.4. The Morgan fingerprint density at radius 1 is 1.12 bits per heavy atom. The molecule has 0 fully saturated rings. The number of nitrogens with two attached hydrogens (primary N) is 1. The lowest BCUT2D eigenvalue weighted by Crippen LogP contribution is -2.44. The minimum atomic E-state index is 0.319. The second kappa shape index (κ2) is 7.29. The van der Waals surface area contributed by atoms with Gasteiger partial charge >= 0.3 is 0 Å². The van der Waals surface area contributed by atoms with Crippen LogP contribution in [0.4, 0.5) is 0 Å². The van der Waals surface area contributed by atoms with Crippen molar-refractivity contribution in [3.8, 4) is 0 Å². The molecule has 0 aromatic heterocycles. The first kappa shape index (κ1) is 15.9. The Morgan fingerprint density at radius 2 is 1.62 bits per heavy atom. The van der Waals surface area contributed by atoms with Crippen LogP contribution in [0.25, 0.3) is 0 Å². The quantitative estimate of drug-likeness (QED) is 0.691. The fourth-order valence-corrected chi connectivity index (χ4v) is 2.37. The van der Waals surface area contributed by atoms with Crippen molar-refractivity contribution in [3.05, 3.63) is 0 Å². The molecule has 0 saturated heterocycles. The standard InChI is InChI=1S/C14H32N2/c1-7-14(8-2,10-15)11-16(6)13(5)9-12(3)4/h12-13H,7-11,15H2,1-6H3. The second-order valence-corrected chi connectivity index (χ2v) is 5.80. The number of nitrogens with zero attached hydrogens (tertiary/aromatic N) is 1. The van der Waals surface area contributed by atoms with Gasteiger partial charge in [0.1, 0.15) is 0 Å².